The number of ketones is 1. The van der Waals surface area contributed by atoms with Crippen LogP contribution in [-0.4, -0.2) is 23.9 Å². The summed E-state index contributed by atoms with van der Waals surface area (Å²) in [5.41, 5.74) is 1.02. The van der Waals surface area contributed by atoms with Gasteiger partial charge in [-0.3, -0.25) is 4.79 Å². The molecule has 1 aliphatic heterocycles. The summed E-state index contributed by atoms with van der Waals surface area (Å²) in [7, 11) is 0. The minimum atomic E-state index is -0.882. The van der Waals surface area contributed by atoms with Crippen LogP contribution in [0.4, 0.5) is 0 Å². The number of Topliss-reactive ketones (excluding diaryl/α,β-unsaturated/α-hetero) is 1. The van der Waals surface area contributed by atoms with Gasteiger partial charge in [0.2, 0.25) is 5.78 Å². The number of hydrogen-bond acceptors (Lipinski definition) is 5. The lowest BCUT2D eigenvalue weighted by Gasteiger charge is -2.33. The topological polar surface area (TPSA) is 50.1 Å². The molecule has 0 spiro atoms. The van der Waals surface area contributed by atoms with Crippen molar-refractivity contribution in [1.82, 2.24) is 0 Å². The van der Waals surface area contributed by atoms with Crippen molar-refractivity contribution in [3.8, 4) is 11.8 Å². The van der Waals surface area contributed by atoms with Crippen LogP contribution < -0.4 is 4.74 Å². The van der Waals surface area contributed by atoms with E-state index in [4.69, 9.17) is 10.00 Å². The van der Waals surface area contributed by atoms with Crippen LogP contribution in [0.2, 0.25) is 0 Å². The smallest absolute Gasteiger partial charge is 0.208 e. The number of hydrogen-bond donors (Lipinski definition) is 0. The number of ether oxygens (including phenoxy) is 1. The van der Waals surface area contributed by atoms with Crippen LogP contribution >= 0.6 is 23.5 Å². The predicted octanol–water partition coefficient (Wildman–Crippen LogP) is 3.69. The molecule has 0 bridgehead atoms. The van der Waals surface area contributed by atoms with Crippen molar-refractivity contribution in [1.29, 1.82) is 5.26 Å². The molecule has 0 radical (unpaired) electrons. The normalized spacial score (nSPS) is 16.1. The van der Waals surface area contributed by atoms with Crippen LogP contribution in [0.15, 0.2) is 22.4 Å². The number of carbonyl (C=O) groups excluding carboxylic acids is 1. The van der Waals surface area contributed by atoms with Crippen LogP contribution in [0.3, 0.4) is 0 Å². The van der Waals surface area contributed by atoms with Gasteiger partial charge in [-0.25, -0.2) is 0 Å². The largest absolute Gasteiger partial charge is 0.479 e. The Morgan fingerprint density at radius 2 is 1.95 bits per heavy atom. The molecule has 0 fully saturated rings. The molecule has 0 aliphatic carbocycles. The summed E-state index contributed by atoms with van der Waals surface area (Å²) in [6.07, 6.45) is 3.89. The first-order valence-electron chi connectivity index (χ1n) is 6.05. The lowest BCUT2D eigenvalue weighted by molar-refractivity contribution is -0.126. The molecule has 1 aliphatic rings. The molecule has 104 valence electrons. The van der Waals surface area contributed by atoms with E-state index in [0.717, 1.165) is 4.24 Å². The maximum Gasteiger partial charge on any atom is 0.208 e. The van der Waals surface area contributed by atoms with Gasteiger partial charge in [-0.1, -0.05) is 0 Å². The van der Waals surface area contributed by atoms with Gasteiger partial charge in [-0.2, -0.15) is 5.26 Å². The summed E-state index contributed by atoms with van der Waals surface area (Å²) < 4.78 is 6.74. The van der Waals surface area contributed by atoms with E-state index in [0.29, 0.717) is 22.4 Å². The number of benzene rings is 1. The number of fused-ring (bicyclic) bond motifs is 1. The molecule has 0 atom stereocenters. The van der Waals surface area contributed by atoms with Gasteiger partial charge in [0.25, 0.3) is 0 Å². The van der Waals surface area contributed by atoms with Crippen molar-refractivity contribution in [2.45, 2.75) is 19.4 Å². The fourth-order valence-electron chi connectivity index (χ4n) is 2.12. The van der Waals surface area contributed by atoms with E-state index in [-0.39, 0.29) is 5.78 Å². The van der Waals surface area contributed by atoms with Crippen LogP contribution in [0.1, 0.15) is 25.0 Å². The lowest BCUT2D eigenvalue weighted by Crippen LogP contribution is -2.42. The molecular weight excluding hydrogens is 290 g/mol. The second kappa shape index (κ2) is 5.55. The molecule has 0 unspecified atom stereocenters. The third-order valence-corrected chi connectivity index (χ3v) is 5.24. The van der Waals surface area contributed by atoms with Crippen molar-refractivity contribution in [2.75, 3.05) is 12.5 Å². The highest BCUT2D eigenvalue weighted by Crippen LogP contribution is 2.44. The SMILES string of the molecule is CSC(SC)=C1C(=O)C(C)(C)Oc2ccc(C#N)cc21. The molecule has 2 rings (SSSR count). The second-order valence-corrected chi connectivity index (χ2v) is 6.73. The Labute approximate surface area is 127 Å². The maximum atomic E-state index is 12.7. The zero-order valence-corrected chi connectivity index (χ0v) is 13.4. The Morgan fingerprint density at radius 1 is 1.30 bits per heavy atom. The van der Waals surface area contributed by atoms with Gasteiger partial charge in [-0.05, 0) is 44.6 Å². The Bertz CT molecular complexity index is 636. The lowest BCUT2D eigenvalue weighted by atomic mass is 9.88. The molecule has 1 aromatic carbocycles. The fourth-order valence-corrected chi connectivity index (χ4v) is 3.60. The summed E-state index contributed by atoms with van der Waals surface area (Å²) in [5, 5.41) is 9.04. The first-order chi connectivity index (χ1) is 9.44. The maximum absolute atomic E-state index is 12.7. The number of thioether (sulfide) groups is 2. The Kier molecular flexibility index (Phi) is 4.17. The van der Waals surface area contributed by atoms with Crippen molar-refractivity contribution >= 4 is 34.9 Å². The van der Waals surface area contributed by atoms with Crippen molar-refractivity contribution < 1.29 is 9.53 Å². The Hall–Kier alpha value is -1.38. The van der Waals surface area contributed by atoms with Crippen molar-refractivity contribution in [3.63, 3.8) is 0 Å². The van der Waals surface area contributed by atoms with Crippen LogP contribution in [-0.2, 0) is 4.79 Å². The molecule has 0 N–H and O–H groups in total. The first kappa shape index (κ1) is 15.0. The summed E-state index contributed by atoms with van der Waals surface area (Å²) >= 11 is 3.08. The average Bonchev–Trinajstić information content (AvgIpc) is 2.43. The third-order valence-electron chi connectivity index (χ3n) is 3.09. The molecule has 0 amide bonds. The highest BCUT2D eigenvalue weighted by molar-refractivity contribution is 8.22. The Morgan fingerprint density at radius 3 is 2.50 bits per heavy atom. The van der Waals surface area contributed by atoms with E-state index in [1.165, 1.54) is 0 Å². The predicted molar refractivity (Wildman–Crippen MR) is 84.8 cm³/mol. The molecule has 5 heteroatoms. The van der Waals surface area contributed by atoms with E-state index in [2.05, 4.69) is 6.07 Å². The number of rotatable bonds is 2. The molecule has 3 nitrogen and oxygen atoms in total. The van der Waals surface area contributed by atoms with Gasteiger partial charge < -0.3 is 4.74 Å². The first-order valence-corrected chi connectivity index (χ1v) is 8.50. The molecule has 1 aromatic rings. The average molecular weight is 305 g/mol. The molecule has 0 saturated carbocycles. The van der Waals surface area contributed by atoms with Crippen LogP contribution in [0.25, 0.3) is 5.57 Å². The monoisotopic (exact) mass is 305 g/mol. The van der Waals surface area contributed by atoms with Crippen LogP contribution in [0.5, 0.6) is 5.75 Å². The minimum Gasteiger partial charge on any atom is -0.479 e. The quantitative estimate of drug-likeness (QED) is 0.780. The van der Waals surface area contributed by atoms with Crippen molar-refractivity contribution in [3.05, 3.63) is 33.6 Å². The van der Waals surface area contributed by atoms with Gasteiger partial charge in [0.05, 0.1) is 21.4 Å². The van der Waals surface area contributed by atoms with Gasteiger partial charge >= 0.3 is 0 Å². The van der Waals surface area contributed by atoms with E-state index in [9.17, 15) is 4.79 Å². The Balaban J connectivity index is 2.76. The van der Waals surface area contributed by atoms with E-state index in [1.807, 2.05) is 12.5 Å². The molecule has 20 heavy (non-hydrogen) atoms. The van der Waals surface area contributed by atoms with E-state index >= 15 is 0 Å². The summed E-state index contributed by atoms with van der Waals surface area (Å²) in [5.74, 6) is 0.614. The van der Waals surface area contributed by atoms with Gasteiger partial charge in [0.1, 0.15) is 5.75 Å². The molecule has 0 aromatic heterocycles. The fraction of sp³-hybridized carbons (Fsp3) is 0.333. The number of nitrogens with zero attached hydrogens (tertiary/aromatic N) is 1. The molecule has 0 saturated heterocycles. The summed E-state index contributed by atoms with van der Waals surface area (Å²) in [4.78, 5) is 12.7. The summed E-state index contributed by atoms with van der Waals surface area (Å²) in [6.45, 7) is 3.55. The number of carbonyl (C=O) groups is 1. The molecular formula is C15H15NO2S2. The highest BCUT2D eigenvalue weighted by Gasteiger charge is 2.40. The zero-order valence-electron chi connectivity index (χ0n) is 11.8. The molecule has 1 heterocycles. The van der Waals surface area contributed by atoms with E-state index < -0.39 is 5.60 Å². The third kappa shape index (κ3) is 2.46. The van der Waals surface area contributed by atoms with Gasteiger partial charge in [0.15, 0.2) is 5.60 Å². The van der Waals surface area contributed by atoms with Crippen LogP contribution in [0, 0.1) is 11.3 Å². The summed E-state index contributed by atoms with van der Waals surface area (Å²) in [6, 6.07) is 7.30. The highest BCUT2D eigenvalue weighted by atomic mass is 32.2. The van der Waals surface area contributed by atoms with Crippen molar-refractivity contribution in [2.24, 2.45) is 0 Å². The van der Waals surface area contributed by atoms with Gasteiger partial charge in [0, 0.05) is 5.56 Å². The standard InChI is InChI=1S/C15H15NO2S2/c1-15(2)13(17)12(14(19-3)20-4)10-7-9(8-16)5-6-11(10)18-15/h5-7H,1-4H3. The number of nitriles is 1. The zero-order chi connectivity index (χ0) is 14.9. The second-order valence-electron chi connectivity index (χ2n) is 4.83. The van der Waals surface area contributed by atoms with Gasteiger partial charge in [-0.15, -0.1) is 23.5 Å². The van der Waals surface area contributed by atoms with E-state index in [1.54, 1.807) is 55.6 Å². The minimum absolute atomic E-state index is 0.0428.